The van der Waals surface area contributed by atoms with Crippen LogP contribution < -0.4 is 4.87 Å². The first kappa shape index (κ1) is 19.4. The first-order valence-electron chi connectivity index (χ1n) is 10.2. The van der Waals surface area contributed by atoms with Gasteiger partial charge in [-0.25, -0.2) is 4.39 Å². The zero-order chi connectivity index (χ0) is 19.8. The zero-order valence-electron chi connectivity index (χ0n) is 16.5. The van der Waals surface area contributed by atoms with E-state index >= 15 is 0 Å². The van der Waals surface area contributed by atoms with Gasteiger partial charge in [-0.2, -0.15) is 0 Å². The highest BCUT2D eigenvalue weighted by Gasteiger charge is 2.37. The van der Waals surface area contributed by atoms with Crippen molar-refractivity contribution in [3.63, 3.8) is 0 Å². The Morgan fingerprint density at radius 2 is 1.96 bits per heavy atom. The van der Waals surface area contributed by atoms with Crippen molar-refractivity contribution >= 4 is 17.2 Å². The summed E-state index contributed by atoms with van der Waals surface area (Å²) in [6.07, 6.45) is 5.69. The largest absolute Gasteiger partial charge is 0.338 e. The van der Waals surface area contributed by atoms with Crippen LogP contribution in [0.4, 0.5) is 4.39 Å². The molecular weight excluding hydrogens is 375 g/mol. The topological polar surface area (TPSA) is 42.3 Å². The summed E-state index contributed by atoms with van der Waals surface area (Å²) in [6, 6.07) is 6.44. The molecule has 1 saturated heterocycles. The molecule has 1 aliphatic carbocycles. The maximum absolute atomic E-state index is 13.3. The number of thiazole rings is 1. The van der Waals surface area contributed by atoms with Gasteiger partial charge in [0.15, 0.2) is 0 Å². The van der Waals surface area contributed by atoms with Gasteiger partial charge in [0.25, 0.3) is 0 Å². The second-order valence-corrected chi connectivity index (χ2v) is 9.51. The number of benzene rings is 1. The number of halogens is 1. The van der Waals surface area contributed by atoms with Gasteiger partial charge in [0.1, 0.15) is 12.4 Å². The van der Waals surface area contributed by atoms with Crippen molar-refractivity contribution in [2.75, 3.05) is 6.54 Å². The van der Waals surface area contributed by atoms with E-state index in [0.717, 1.165) is 52.8 Å². The normalized spacial score (nSPS) is 24.8. The Labute approximate surface area is 169 Å². The van der Waals surface area contributed by atoms with Crippen molar-refractivity contribution in [3.8, 4) is 11.3 Å². The minimum Gasteiger partial charge on any atom is -0.338 e. The molecule has 1 aliphatic heterocycles. The van der Waals surface area contributed by atoms with Gasteiger partial charge in [0.05, 0.1) is 5.69 Å². The molecule has 2 aliphatic rings. The molecule has 1 aromatic carbocycles. The molecule has 0 radical (unpaired) electrons. The Balaban J connectivity index is 1.60. The van der Waals surface area contributed by atoms with Gasteiger partial charge in [0.2, 0.25) is 5.91 Å². The quantitative estimate of drug-likeness (QED) is 0.761. The molecule has 6 heteroatoms. The van der Waals surface area contributed by atoms with Gasteiger partial charge in [0, 0.05) is 17.5 Å². The molecule has 150 valence electrons. The summed E-state index contributed by atoms with van der Waals surface area (Å²) in [6.45, 7) is 5.04. The number of likely N-dealkylation sites (tertiary alicyclic amines) is 1. The number of nitrogens with zero attached hydrogens (tertiary/aromatic N) is 2. The third-order valence-electron chi connectivity index (χ3n) is 6.37. The molecule has 0 spiro atoms. The van der Waals surface area contributed by atoms with E-state index in [0.29, 0.717) is 12.0 Å². The number of fused-ring (bicyclic) bond motifs is 1. The van der Waals surface area contributed by atoms with Crippen LogP contribution in [-0.2, 0) is 11.3 Å². The summed E-state index contributed by atoms with van der Waals surface area (Å²) in [5, 5.41) is 0. The minimum absolute atomic E-state index is 0.0347. The molecule has 28 heavy (non-hydrogen) atoms. The molecule has 4 nitrogen and oxygen atoms in total. The SMILES string of the molecule is Cc1sc(=O)n(CC(=O)N2CCC[C@@H]3C[C@@H](C)CC[C@@H]32)c1-c1ccc(F)cc1. The van der Waals surface area contributed by atoms with E-state index in [2.05, 4.69) is 6.92 Å². The minimum atomic E-state index is -0.313. The maximum atomic E-state index is 13.3. The van der Waals surface area contributed by atoms with Crippen LogP contribution >= 0.6 is 11.3 Å². The van der Waals surface area contributed by atoms with E-state index < -0.39 is 0 Å². The molecule has 2 fully saturated rings. The van der Waals surface area contributed by atoms with Gasteiger partial charge < -0.3 is 4.90 Å². The summed E-state index contributed by atoms with van der Waals surface area (Å²) in [4.78, 5) is 28.6. The van der Waals surface area contributed by atoms with Crippen LogP contribution in [0.2, 0.25) is 0 Å². The first-order chi connectivity index (χ1) is 13.4. The highest BCUT2D eigenvalue weighted by molar-refractivity contribution is 7.09. The Morgan fingerprint density at radius 1 is 1.21 bits per heavy atom. The van der Waals surface area contributed by atoms with Crippen molar-refractivity contribution < 1.29 is 9.18 Å². The van der Waals surface area contributed by atoms with Crippen LogP contribution in [0.25, 0.3) is 11.3 Å². The molecule has 0 bridgehead atoms. The lowest BCUT2D eigenvalue weighted by Gasteiger charge is -2.45. The Hall–Kier alpha value is -1.95. The summed E-state index contributed by atoms with van der Waals surface area (Å²) >= 11 is 1.15. The zero-order valence-corrected chi connectivity index (χ0v) is 17.3. The van der Waals surface area contributed by atoms with Crippen LogP contribution in [0, 0.1) is 24.6 Å². The second-order valence-electron chi connectivity index (χ2n) is 8.34. The number of aromatic nitrogens is 1. The molecule has 4 rings (SSSR count). The number of aryl methyl sites for hydroxylation is 1. The van der Waals surface area contributed by atoms with Gasteiger partial charge >= 0.3 is 4.87 Å². The Bertz CT molecular complexity index is 918. The molecule has 0 unspecified atom stereocenters. The Morgan fingerprint density at radius 3 is 2.71 bits per heavy atom. The highest BCUT2D eigenvalue weighted by atomic mass is 32.1. The molecule has 2 aromatic rings. The highest BCUT2D eigenvalue weighted by Crippen LogP contribution is 2.38. The van der Waals surface area contributed by atoms with Crippen molar-refractivity contribution in [2.45, 2.75) is 58.5 Å². The standard InChI is InChI=1S/C22H27FN2O2S/c1-14-5-10-19-17(12-14)4-3-11-24(19)20(26)13-25-21(15(2)28-22(25)27)16-6-8-18(23)9-7-16/h6-9,14,17,19H,3-5,10-13H2,1-2H3/t14-,17+,19-/m0/s1. The number of amides is 1. The lowest BCUT2D eigenvalue weighted by Crippen LogP contribution is -2.51. The molecule has 1 amide bonds. The fraction of sp³-hybridized carbons (Fsp3) is 0.545. The van der Waals surface area contributed by atoms with Crippen molar-refractivity contribution in [1.82, 2.24) is 9.47 Å². The molecule has 0 N–H and O–H groups in total. The summed E-state index contributed by atoms with van der Waals surface area (Å²) in [5.41, 5.74) is 1.50. The third kappa shape index (κ3) is 3.66. The van der Waals surface area contributed by atoms with Crippen LogP contribution in [0.1, 0.15) is 43.9 Å². The predicted molar refractivity (Wildman–Crippen MR) is 110 cm³/mol. The molecule has 2 heterocycles. The van der Waals surface area contributed by atoms with Crippen LogP contribution in [0.15, 0.2) is 29.1 Å². The van der Waals surface area contributed by atoms with Crippen molar-refractivity contribution in [3.05, 3.63) is 44.6 Å². The lowest BCUT2D eigenvalue weighted by molar-refractivity contribution is -0.138. The summed E-state index contributed by atoms with van der Waals surface area (Å²) < 4.78 is 14.9. The van der Waals surface area contributed by atoms with E-state index in [-0.39, 0.29) is 23.1 Å². The number of hydrogen-bond acceptors (Lipinski definition) is 3. The summed E-state index contributed by atoms with van der Waals surface area (Å²) in [5.74, 6) is 1.06. The third-order valence-corrected chi connectivity index (χ3v) is 7.27. The van der Waals surface area contributed by atoms with Crippen LogP contribution in [0.5, 0.6) is 0 Å². The average molecular weight is 403 g/mol. The Kier molecular flexibility index (Phi) is 5.41. The van der Waals surface area contributed by atoms with E-state index in [9.17, 15) is 14.0 Å². The van der Waals surface area contributed by atoms with E-state index in [1.165, 1.54) is 31.4 Å². The molecule has 1 aromatic heterocycles. The van der Waals surface area contributed by atoms with Crippen molar-refractivity contribution in [2.24, 2.45) is 11.8 Å². The fourth-order valence-electron chi connectivity index (χ4n) is 5.05. The van der Waals surface area contributed by atoms with Gasteiger partial charge in [-0.15, -0.1) is 0 Å². The number of hydrogen-bond donors (Lipinski definition) is 0. The fourth-order valence-corrected chi connectivity index (χ4v) is 5.91. The molecule has 1 saturated carbocycles. The second kappa shape index (κ2) is 7.82. The summed E-state index contributed by atoms with van der Waals surface area (Å²) in [7, 11) is 0. The van der Waals surface area contributed by atoms with Gasteiger partial charge in [-0.1, -0.05) is 18.3 Å². The van der Waals surface area contributed by atoms with E-state index in [1.807, 2.05) is 11.8 Å². The number of carbonyl (C=O) groups is 1. The maximum Gasteiger partial charge on any atom is 0.308 e. The van der Waals surface area contributed by atoms with Gasteiger partial charge in [-0.3, -0.25) is 14.2 Å². The van der Waals surface area contributed by atoms with E-state index in [4.69, 9.17) is 0 Å². The molecule has 3 atom stereocenters. The van der Waals surface area contributed by atoms with Crippen LogP contribution in [-0.4, -0.2) is 28.0 Å². The number of rotatable bonds is 3. The number of carbonyl (C=O) groups excluding carboxylic acids is 1. The average Bonchev–Trinajstić information content (AvgIpc) is 2.95. The lowest BCUT2D eigenvalue weighted by atomic mass is 9.74. The number of piperidine rings is 1. The monoisotopic (exact) mass is 402 g/mol. The smallest absolute Gasteiger partial charge is 0.308 e. The first-order valence-corrected chi connectivity index (χ1v) is 11.0. The van der Waals surface area contributed by atoms with Gasteiger partial charge in [-0.05, 0) is 80.7 Å². The van der Waals surface area contributed by atoms with Crippen LogP contribution in [0.3, 0.4) is 0 Å². The molecular formula is C22H27FN2O2S. The van der Waals surface area contributed by atoms with Crippen molar-refractivity contribution in [1.29, 1.82) is 0 Å². The van der Waals surface area contributed by atoms with E-state index in [1.54, 1.807) is 16.7 Å². The predicted octanol–water partition coefficient (Wildman–Crippen LogP) is 4.45.